The predicted molar refractivity (Wildman–Crippen MR) is 81.4 cm³/mol. The first-order chi connectivity index (χ1) is 9.34. The Morgan fingerprint density at radius 2 is 2.00 bits per heavy atom. The molecule has 2 atom stereocenters. The first-order valence-corrected chi connectivity index (χ1v) is 7.62. The van der Waals surface area contributed by atoms with E-state index in [1.807, 2.05) is 0 Å². The highest BCUT2D eigenvalue weighted by Crippen LogP contribution is 2.23. The van der Waals surface area contributed by atoms with Crippen molar-refractivity contribution in [3.05, 3.63) is 36.5 Å². The van der Waals surface area contributed by atoms with Crippen LogP contribution in [0.15, 0.2) is 36.5 Å². The summed E-state index contributed by atoms with van der Waals surface area (Å²) in [6.07, 6.45) is 7.77. The molecule has 2 aromatic rings. The highest BCUT2D eigenvalue weighted by atomic mass is 15.0. The largest absolute Gasteiger partial charge is 0.346 e. The predicted octanol–water partition coefficient (Wildman–Crippen LogP) is 3.81. The second kappa shape index (κ2) is 5.79. The van der Waals surface area contributed by atoms with Crippen LogP contribution in [-0.4, -0.2) is 17.2 Å². The van der Waals surface area contributed by atoms with Gasteiger partial charge in [0.2, 0.25) is 0 Å². The third-order valence-electron chi connectivity index (χ3n) is 4.55. The van der Waals surface area contributed by atoms with E-state index in [2.05, 4.69) is 53.3 Å². The second-order valence-electron chi connectivity index (χ2n) is 5.89. The van der Waals surface area contributed by atoms with E-state index in [-0.39, 0.29) is 0 Å². The van der Waals surface area contributed by atoms with Crippen molar-refractivity contribution < 1.29 is 0 Å². The van der Waals surface area contributed by atoms with Gasteiger partial charge in [-0.25, -0.2) is 0 Å². The molecule has 0 saturated heterocycles. The van der Waals surface area contributed by atoms with Crippen molar-refractivity contribution >= 4 is 10.9 Å². The van der Waals surface area contributed by atoms with Gasteiger partial charge in [-0.3, -0.25) is 0 Å². The highest BCUT2D eigenvalue weighted by Gasteiger charge is 2.20. The van der Waals surface area contributed by atoms with Gasteiger partial charge in [0.1, 0.15) is 0 Å². The molecule has 1 fully saturated rings. The lowest BCUT2D eigenvalue weighted by Crippen LogP contribution is -2.38. The first kappa shape index (κ1) is 12.7. The van der Waals surface area contributed by atoms with Crippen molar-refractivity contribution in [3.63, 3.8) is 0 Å². The number of para-hydroxylation sites is 1. The molecule has 19 heavy (non-hydrogen) atoms. The van der Waals surface area contributed by atoms with Gasteiger partial charge in [-0.1, -0.05) is 38.0 Å². The van der Waals surface area contributed by atoms with E-state index in [0.29, 0.717) is 0 Å². The van der Waals surface area contributed by atoms with Gasteiger partial charge in [0.05, 0.1) is 0 Å². The van der Waals surface area contributed by atoms with Crippen LogP contribution in [0.5, 0.6) is 0 Å². The maximum Gasteiger partial charge on any atom is 0.0480 e. The summed E-state index contributed by atoms with van der Waals surface area (Å²) >= 11 is 0. The Kier molecular flexibility index (Phi) is 3.88. The van der Waals surface area contributed by atoms with Crippen molar-refractivity contribution in [2.75, 3.05) is 6.54 Å². The molecule has 0 spiro atoms. The van der Waals surface area contributed by atoms with Crippen molar-refractivity contribution in [2.24, 2.45) is 5.92 Å². The Morgan fingerprint density at radius 3 is 2.89 bits per heavy atom. The van der Waals surface area contributed by atoms with Crippen LogP contribution >= 0.6 is 0 Å². The van der Waals surface area contributed by atoms with E-state index in [4.69, 9.17) is 0 Å². The zero-order chi connectivity index (χ0) is 13.1. The molecular weight excluding hydrogens is 232 g/mol. The summed E-state index contributed by atoms with van der Waals surface area (Å²) in [7, 11) is 0. The average molecular weight is 256 g/mol. The lowest BCUT2D eigenvalue weighted by atomic mass is 9.86. The molecule has 1 aromatic carbocycles. The molecule has 1 heterocycles. The summed E-state index contributed by atoms with van der Waals surface area (Å²) < 4.78 is 2.36. The van der Waals surface area contributed by atoms with Gasteiger partial charge in [-0.15, -0.1) is 0 Å². The fourth-order valence-electron chi connectivity index (χ4n) is 3.33. The highest BCUT2D eigenvalue weighted by molar-refractivity contribution is 5.79. The Morgan fingerprint density at radius 1 is 1.16 bits per heavy atom. The Balaban J connectivity index is 1.57. The van der Waals surface area contributed by atoms with Crippen molar-refractivity contribution in [1.82, 2.24) is 9.88 Å². The minimum absolute atomic E-state index is 0.732. The Bertz CT molecular complexity index is 529. The van der Waals surface area contributed by atoms with E-state index in [9.17, 15) is 0 Å². The van der Waals surface area contributed by atoms with Crippen LogP contribution in [-0.2, 0) is 6.54 Å². The molecule has 1 saturated carbocycles. The molecule has 3 rings (SSSR count). The summed E-state index contributed by atoms with van der Waals surface area (Å²) in [5.74, 6) is 0.843. The van der Waals surface area contributed by atoms with E-state index in [1.165, 1.54) is 36.6 Å². The van der Waals surface area contributed by atoms with Crippen LogP contribution in [0.25, 0.3) is 10.9 Å². The zero-order valence-corrected chi connectivity index (χ0v) is 11.8. The third-order valence-corrected chi connectivity index (χ3v) is 4.55. The number of nitrogens with zero attached hydrogens (tertiary/aromatic N) is 1. The monoisotopic (exact) mass is 256 g/mol. The van der Waals surface area contributed by atoms with Gasteiger partial charge >= 0.3 is 0 Å². The van der Waals surface area contributed by atoms with E-state index >= 15 is 0 Å². The van der Waals surface area contributed by atoms with Crippen LogP contribution in [0.2, 0.25) is 0 Å². The number of hydrogen-bond acceptors (Lipinski definition) is 1. The molecule has 102 valence electrons. The van der Waals surface area contributed by atoms with Crippen molar-refractivity contribution in [1.29, 1.82) is 0 Å². The number of hydrogen-bond donors (Lipinski definition) is 1. The van der Waals surface area contributed by atoms with Gasteiger partial charge in [0.25, 0.3) is 0 Å². The molecule has 1 N–H and O–H groups in total. The Labute approximate surface area is 115 Å². The fourth-order valence-corrected chi connectivity index (χ4v) is 3.33. The van der Waals surface area contributed by atoms with E-state index in [0.717, 1.165) is 25.0 Å². The van der Waals surface area contributed by atoms with Crippen LogP contribution in [0.3, 0.4) is 0 Å². The smallest absolute Gasteiger partial charge is 0.0480 e. The van der Waals surface area contributed by atoms with Crippen LogP contribution in [0, 0.1) is 5.92 Å². The van der Waals surface area contributed by atoms with Crippen molar-refractivity contribution in [2.45, 2.75) is 45.2 Å². The molecule has 0 aliphatic heterocycles. The van der Waals surface area contributed by atoms with Crippen LogP contribution in [0.1, 0.15) is 32.6 Å². The molecule has 2 heteroatoms. The number of rotatable bonds is 4. The maximum absolute atomic E-state index is 3.75. The van der Waals surface area contributed by atoms with Gasteiger partial charge in [0, 0.05) is 30.8 Å². The molecule has 0 radical (unpaired) electrons. The van der Waals surface area contributed by atoms with Crippen LogP contribution in [0.4, 0.5) is 0 Å². The second-order valence-corrected chi connectivity index (χ2v) is 5.89. The summed E-state index contributed by atoms with van der Waals surface area (Å²) in [5.41, 5.74) is 1.35. The lowest BCUT2D eigenvalue weighted by Gasteiger charge is -2.29. The minimum Gasteiger partial charge on any atom is -0.346 e. The van der Waals surface area contributed by atoms with Crippen molar-refractivity contribution in [3.8, 4) is 0 Å². The number of aromatic nitrogens is 1. The molecule has 1 aromatic heterocycles. The molecule has 2 nitrogen and oxygen atoms in total. The van der Waals surface area contributed by atoms with Gasteiger partial charge in [0.15, 0.2) is 0 Å². The van der Waals surface area contributed by atoms with Crippen LogP contribution < -0.4 is 5.32 Å². The minimum atomic E-state index is 0.732. The maximum atomic E-state index is 3.75. The third kappa shape index (κ3) is 2.84. The first-order valence-electron chi connectivity index (χ1n) is 7.62. The normalized spacial score (nSPS) is 23.8. The van der Waals surface area contributed by atoms with E-state index < -0.39 is 0 Å². The quantitative estimate of drug-likeness (QED) is 0.880. The number of fused-ring (bicyclic) bond motifs is 1. The molecule has 2 unspecified atom stereocenters. The molecule has 1 aliphatic carbocycles. The summed E-state index contributed by atoms with van der Waals surface area (Å²) in [6.45, 7) is 4.53. The molecule has 0 amide bonds. The Hall–Kier alpha value is -1.28. The van der Waals surface area contributed by atoms with Gasteiger partial charge in [-0.2, -0.15) is 0 Å². The lowest BCUT2D eigenvalue weighted by molar-refractivity contribution is 0.279. The topological polar surface area (TPSA) is 17.0 Å². The number of nitrogens with one attached hydrogen (secondary N) is 1. The zero-order valence-electron chi connectivity index (χ0n) is 11.8. The molecule has 0 bridgehead atoms. The number of benzene rings is 1. The summed E-state index contributed by atoms with van der Waals surface area (Å²) in [5, 5.41) is 5.09. The van der Waals surface area contributed by atoms with E-state index in [1.54, 1.807) is 0 Å². The average Bonchev–Trinajstić information content (AvgIpc) is 2.85. The van der Waals surface area contributed by atoms with Gasteiger partial charge < -0.3 is 9.88 Å². The standard InChI is InChI=1S/C17H24N2/c1-14-6-2-4-8-16(14)18-11-13-19-12-10-15-7-3-5-9-17(15)19/h3,5,7,9-10,12,14,16,18H,2,4,6,8,11,13H2,1H3. The summed E-state index contributed by atoms with van der Waals surface area (Å²) in [6, 6.07) is 11.6. The fraction of sp³-hybridized carbons (Fsp3) is 0.529. The molecular formula is C17H24N2. The molecule has 1 aliphatic rings. The summed E-state index contributed by atoms with van der Waals surface area (Å²) in [4.78, 5) is 0. The SMILES string of the molecule is CC1CCCCC1NCCn1ccc2ccccc21. The van der Waals surface area contributed by atoms with Gasteiger partial charge in [-0.05, 0) is 36.3 Å².